The summed E-state index contributed by atoms with van der Waals surface area (Å²) in [5.74, 6) is 1.38. The Hall–Kier alpha value is -0.170. The normalized spacial score (nSPS) is 35.9. The molecule has 0 amide bonds. The molecule has 4 aliphatic rings. The lowest BCUT2D eigenvalue weighted by Gasteiger charge is -2.57. The van der Waals surface area contributed by atoms with Crippen molar-refractivity contribution in [3.8, 4) is 0 Å². The first-order valence-corrected chi connectivity index (χ1v) is 11.1. The molecular formula is C17H30N2O3S. The summed E-state index contributed by atoms with van der Waals surface area (Å²) in [5.41, 5.74) is 0.310. The lowest BCUT2D eigenvalue weighted by Crippen LogP contribution is -2.67. The highest BCUT2D eigenvalue weighted by Crippen LogP contribution is 2.60. The van der Waals surface area contributed by atoms with Crippen molar-refractivity contribution in [3.05, 3.63) is 0 Å². The summed E-state index contributed by atoms with van der Waals surface area (Å²) in [5, 5.41) is 3.60. The third-order valence-corrected chi connectivity index (χ3v) is 8.19. The lowest BCUT2D eigenvalue weighted by atomic mass is 9.54. The number of sulfonamides is 1. The lowest BCUT2D eigenvalue weighted by molar-refractivity contribution is -0.129. The van der Waals surface area contributed by atoms with Crippen LogP contribution in [-0.2, 0) is 14.8 Å². The minimum atomic E-state index is -3.13. The van der Waals surface area contributed by atoms with Crippen molar-refractivity contribution in [1.82, 2.24) is 10.0 Å². The quantitative estimate of drug-likeness (QED) is 0.738. The SMILES string of the molecule is O=S(=O)(CCN[C@@H]1[C@H]2CCO[C@H]2C12CCCC2)NCC1CCC1. The highest BCUT2D eigenvalue weighted by molar-refractivity contribution is 7.89. The van der Waals surface area contributed by atoms with Crippen LogP contribution in [0.1, 0.15) is 51.4 Å². The van der Waals surface area contributed by atoms with Crippen molar-refractivity contribution < 1.29 is 13.2 Å². The van der Waals surface area contributed by atoms with E-state index in [0.29, 0.717) is 42.5 Å². The molecule has 1 saturated heterocycles. The van der Waals surface area contributed by atoms with Gasteiger partial charge >= 0.3 is 0 Å². The third kappa shape index (κ3) is 2.96. The fourth-order valence-corrected chi connectivity index (χ4v) is 6.39. The Morgan fingerprint density at radius 3 is 2.57 bits per heavy atom. The summed E-state index contributed by atoms with van der Waals surface area (Å²) in [7, 11) is -3.13. The zero-order valence-electron chi connectivity index (χ0n) is 13.9. The van der Waals surface area contributed by atoms with Crippen LogP contribution < -0.4 is 10.0 Å². The van der Waals surface area contributed by atoms with Crippen LogP contribution in [0.2, 0.25) is 0 Å². The Labute approximate surface area is 140 Å². The van der Waals surface area contributed by atoms with Crippen LogP contribution in [0.5, 0.6) is 0 Å². The van der Waals surface area contributed by atoms with E-state index in [4.69, 9.17) is 4.74 Å². The van der Waals surface area contributed by atoms with Gasteiger partial charge in [0.2, 0.25) is 10.0 Å². The van der Waals surface area contributed by atoms with Gasteiger partial charge in [0.05, 0.1) is 11.9 Å². The molecule has 132 valence electrons. The van der Waals surface area contributed by atoms with Crippen LogP contribution in [0.4, 0.5) is 0 Å². The molecule has 1 aliphatic heterocycles. The van der Waals surface area contributed by atoms with Crippen LogP contribution in [0.25, 0.3) is 0 Å². The van der Waals surface area contributed by atoms with Gasteiger partial charge in [0, 0.05) is 37.1 Å². The second-order valence-electron chi connectivity index (χ2n) is 8.08. The number of hydrogen-bond donors (Lipinski definition) is 2. The van der Waals surface area contributed by atoms with Gasteiger partial charge in [-0.05, 0) is 38.0 Å². The maximum atomic E-state index is 12.1. The zero-order valence-corrected chi connectivity index (χ0v) is 14.7. The molecule has 6 heteroatoms. The molecule has 3 atom stereocenters. The first-order valence-electron chi connectivity index (χ1n) is 9.43. The van der Waals surface area contributed by atoms with E-state index in [1.165, 1.54) is 44.9 Å². The molecule has 4 fully saturated rings. The molecule has 0 unspecified atom stereocenters. The Morgan fingerprint density at radius 1 is 1.09 bits per heavy atom. The monoisotopic (exact) mass is 342 g/mol. The zero-order chi connectivity index (χ0) is 15.9. The van der Waals surface area contributed by atoms with Crippen molar-refractivity contribution in [3.63, 3.8) is 0 Å². The fourth-order valence-electron chi connectivity index (χ4n) is 5.37. The van der Waals surface area contributed by atoms with Gasteiger partial charge < -0.3 is 10.1 Å². The van der Waals surface area contributed by atoms with Crippen molar-refractivity contribution in [1.29, 1.82) is 0 Å². The minimum absolute atomic E-state index is 0.199. The van der Waals surface area contributed by atoms with Gasteiger partial charge in [0.25, 0.3) is 0 Å². The summed E-state index contributed by atoms with van der Waals surface area (Å²) >= 11 is 0. The second kappa shape index (κ2) is 6.28. The summed E-state index contributed by atoms with van der Waals surface area (Å²) < 4.78 is 33.0. The fraction of sp³-hybridized carbons (Fsp3) is 1.00. The second-order valence-corrected chi connectivity index (χ2v) is 10.0. The Kier molecular flexibility index (Phi) is 4.45. The molecule has 0 radical (unpaired) electrons. The number of ether oxygens (including phenoxy) is 1. The third-order valence-electron chi connectivity index (χ3n) is 6.84. The van der Waals surface area contributed by atoms with Gasteiger partial charge in [-0.25, -0.2) is 13.1 Å². The molecule has 0 aromatic heterocycles. The average Bonchev–Trinajstić information content (AvgIpc) is 3.10. The molecule has 0 bridgehead atoms. The van der Waals surface area contributed by atoms with E-state index in [1.54, 1.807) is 0 Å². The molecular weight excluding hydrogens is 312 g/mol. The first kappa shape index (κ1) is 16.3. The predicted octanol–water partition coefficient (Wildman–Crippen LogP) is 1.64. The molecule has 0 aromatic carbocycles. The number of nitrogens with one attached hydrogen (secondary N) is 2. The molecule has 3 aliphatic carbocycles. The molecule has 0 aromatic rings. The molecule has 1 spiro atoms. The summed E-state index contributed by atoms with van der Waals surface area (Å²) in [4.78, 5) is 0. The maximum Gasteiger partial charge on any atom is 0.212 e. The maximum absolute atomic E-state index is 12.1. The highest BCUT2D eigenvalue weighted by atomic mass is 32.2. The van der Waals surface area contributed by atoms with E-state index in [0.717, 1.165) is 13.0 Å². The van der Waals surface area contributed by atoms with E-state index in [-0.39, 0.29) is 5.75 Å². The smallest absolute Gasteiger partial charge is 0.212 e. The number of hydrogen-bond acceptors (Lipinski definition) is 4. The molecule has 23 heavy (non-hydrogen) atoms. The summed E-state index contributed by atoms with van der Waals surface area (Å²) in [6.45, 7) is 2.08. The number of rotatable bonds is 7. The van der Waals surface area contributed by atoms with Crippen molar-refractivity contribution in [2.45, 2.75) is 63.5 Å². The minimum Gasteiger partial charge on any atom is -0.377 e. The molecule has 2 N–H and O–H groups in total. The molecule has 4 rings (SSSR count). The predicted molar refractivity (Wildman–Crippen MR) is 89.7 cm³/mol. The van der Waals surface area contributed by atoms with E-state index in [1.807, 2.05) is 0 Å². The average molecular weight is 343 g/mol. The Morgan fingerprint density at radius 2 is 1.87 bits per heavy atom. The Balaban J connectivity index is 1.27. The topological polar surface area (TPSA) is 67.4 Å². The molecule has 3 saturated carbocycles. The Bertz CT molecular complexity index is 526. The van der Waals surface area contributed by atoms with Gasteiger partial charge in [0.1, 0.15) is 0 Å². The van der Waals surface area contributed by atoms with Gasteiger partial charge in [0.15, 0.2) is 0 Å². The summed E-state index contributed by atoms with van der Waals surface area (Å²) in [6.07, 6.45) is 10.3. The van der Waals surface area contributed by atoms with Crippen LogP contribution in [0.15, 0.2) is 0 Å². The number of fused-ring (bicyclic) bond motifs is 2. The van der Waals surface area contributed by atoms with E-state index in [9.17, 15) is 8.42 Å². The van der Waals surface area contributed by atoms with Gasteiger partial charge in [-0.15, -0.1) is 0 Å². The first-order chi connectivity index (χ1) is 11.1. The largest absolute Gasteiger partial charge is 0.377 e. The van der Waals surface area contributed by atoms with Crippen molar-refractivity contribution >= 4 is 10.0 Å². The van der Waals surface area contributed by atoms with Crippen molar-refractivity contribution in [2.75, 3.05) is 25.4 Å². The van der Waals surface area contributed by atoms with Crippen molar-refractivity contribution in [2.24, 2.45) is 17.3 Å². The van der Waals surface area contributed by atoms with Crippen LogP contribution >= 0.6 is 0 Å². The standard InChI is InChI=1S/C17H30N2O3S/c20-23(21,19-12-13-4-3-5-13)11-9-18-15-14-6-10-22-16(14)17(15)7-1-2-8-17/h13-16,18-19H,1-12H2/t14-,15-,16-/m1/s1. The molecule has 5 nitrogen and oxygen atoms in total. The van der Waals surface area contributed by atoms with Gasteiger partial charge in [-0.3, -0.25) is 0 Å². The molecule has 1 heterocycles. The van der Waals surface area contributed by atoms with Crippen LogP contribution in [-0.4, -0.2) is 46.0 Å². The van der Waals surface area contributed by atoms with E-state index in [2.05, 4.69) is 10.0 Å². The van der Waals surface area contributed by atoms with Crippen LogP contribution in [0, 0.1) is 17.3 Å². The summed E-state index contributed by atoms with van der Waals surface area (Å²) in [6, 6.07) is 0.472. The van der Waals surface area contributed by atoms with Crippen LogP contribution in [0.3, 0.4) is 0 Å². The highest BCUT2D eigenvalue weighted by Gasteiger charge is 2.64. The van der Waals surface area contributed by atoms with E-state index >= 15 is 0 Å². The van der Waals surface area contributed by atoms with E-state index < -0.39 is 10.0 Å². The van der Waals surface area contributed by atoms with Gasteiger partial charge in [-0.1, -0.05) is 19.3 Å². The van der Waals surface area contributed by atoms with Gasteiger partial charge in [-0.2, -0.15) is 0 Å².